The van der Waals surface area contributed by atoms with Crippen molar-refractivity contribution in [1.29, 1.82) is 0 Å². The van der Waals surface area contributed by atoms with Gasteiger partial charge in [-0.05, 0) is 49.1 Å². The van der Waals surface area contributed by atoms with Crippen LogP contribution in [-0.2, 0) is 6.42 Å². The lowest BCUT2D eigenvalue weighted by Gasteiger charge is -2.38. The lowest BCUT2D eigenvalue weighted by molar-refractivity contribution is 0.333. The minimum Gasteiger partial charge on any atom is -0.382 e. The van der Waals surface area contributed by atoms with Gasteiger partial charge in [0, 0.05) is 22.7 Å². The Morgan fingerprint density at radius 2 is 2.27 bits per heavy atom. The molecule has 2 heterocycles. The Kier molecular flexibility index (Phi) is 2.45. The second-order valence-electron chi connectivity index (χ2n) is 4.51. The van der Waals surface area contributed by atoms with E-state index < -0.39 is 0 Å². The fourth-order valence-electron chi connectivity index (χ4n) is 2.68. The number of rotatable bonds is 0. The first-order valence-electron chi connectivity index (χ1n) is 5.58. The van der Waals surface area contributed by atoms with Gasteiger partial charge >= 0.3 is 0 Å². The monoisotopic (exact) mass is 266 g/mol. The second kappa shape index (κ2) is 3.80. The van der Waals surface area contributed by atoms with Gasteiger partial charge in [0.1, 0.15) is 0 Å². The third-order valence-electron chi connectivity index (χ3n) is 3.50. The van der Waals surface area contributed by atoms with Crippen molar-refractivity contribution in [2.24, 2.45) is 5.92 Å². The number of hydrogen-bond acceptors (Lipinski definition) is 2. The molecule has 2 unspecified atom stereocenters. The van der Waals surface area contributed by atoms with Gasteiger partial charge in [0.25, 0.3) is 0 Å². The van der Waals surface area contributed by atoms with Gasteiger partial charge in [0.2, 0.25) is 0 Å². The minimum atomic E-state index is 0.680. The van der Waals surface area contributed by atoms with Crippen LogP contribution in [0.1, 0.15) is 12.0 Å². The van der Waals surface area contributed by atoms with Gasteiger partial charge in [-0.25, -0.2) is 0 Å². The molecule has 2 nitrogen and oxygen atoms in total. The molecule has 0 bridgehead atoms. The molecule has 2 aliphatic rings. The third-order valence-corrected chi connectivity index (χ3v) is 3.99. The summed E-state index contributed by atoms with van der Waals surface area (Å²) >= 11 is 3.54. The number of benzene rings is 1. The number of anilines is 1. The van der Waals surface area contributed by atoms with Crippen molar-refractivity contribution in [1.82, 2.24) is 5.32 Å². The van der Waals surface area contributed by atoms with Gasteiger partial charge in [-0.15, -0.1) is 0 Å². The fraction of sp³-hybridized carbons (Fsp3) is 0.500. The number of hydrogen-bond donors (Lipinski definition) is 2. The van der Waals surface area contributed by atoms with Gasteiger partial charge in [-0.3, -0.25) is 0 Å². The molecule has 1 saturated heterocycles. The lowest BCUT2D eigenvalue weighted by atomic mass is 9.83. The standard InChI is InChI=1S/C12H15BrN2/c13-10-1-2-11-8(6-10)5-9-7-14-4-3-12(9)15-11/h1-2,6,9,12,14-15H,3-5,7H2. The Morgan fingerprint density at radius 3 is 3.20 bits per heavy atom. The average molecular weight is 267 g/mol. The second-order valence-corrected chi connectivity index (χ2v) is 5.42. The Balaban J connectivity index is 1.92. The van der Waals surface area contributed by atoms with Crippen molar-refractivity contribution in [3.8, 4) is 0 Å². The highest BCUT2D eigenvalue weighted by Gasteiger charge is 2.29. The van der Waals surface area contributed by atoms with Gasteiger partial charge in [-0.2, -0.15) is 0 Å². The van der Waals surface area contributed by atoms with Crippen LogP contribution in [0.4, 0.5) is 5.69 Å². The van der Waals surface area contributed by atoms with E-state index in [0.29, 0.717) is 6.04 Å². The van der Waals surface area contributed by atoms with Gasteiger partial charge in [0.05, 0.1) is 0 Å². The topological polar surface area (TPSA) is 24.1 Å². The smallest absolute Gasteiger partial charge is 0.0375 e. The molecular weight excluding hydrogens is 252 g/mol. The molecule has 0 amide bonds. The van der Waals surface area contributed by atoms with E-state index in [1.54, 1.807) is 0 Å². The number of nitrogens with one attached hydrogen (secondary N) is 2. The number of piperidine rings is 1. The van der Waals surface area contributed by atoms with E-state index in [0.717, 1.165) is 19.0 Å². The molecule has 2 atom stereocenters. The summed E-state index contributed by atoms with van der Waals surface area (Å²) in [5.74, 6) is 0.764. The highest BCUT2D eigenvalue weighted by molar-refractivity contribution is 9.10. The fourth-order valence-corrected chi connectivity index (χ4v) is 3.09. The molecule has 3 heteroatoms. The van der Waals surface area contributed by atoms with E-state index in [2.05, 4.69) is 44.8 Å². The van der Waals surface area contributed by atoms with Crippen molar-refractivity contribution >= 4 is 21.6 Å². The van der Waals surface area contributed by atoms with E-state index in [1.165, 1.54) is 28.6 Å². The highest BCUT2D eigenvalue weighted by atomic mass is 79.9. The normalized spacial score (nSPS) is 28.9. The van der Waals surface area contributed by atoms with Gasteiger partial charge < -0.3 is 10.6 Å². The van der Waals surface area contributed by atoms with Crippen LogP contribution in [0.15, 0.2) is 22.7 Å². The first-order chi connectivity index (χ1) is 7.33. The average Bonchev–Trinajstić information content (AvgIpc) is 2.26. The Bertz CT molecular complexity index is 378. The SMILES string of the molecule is Brc1ccc2c(c1)CC1CNCCC1N2. The summed E-state index contributed by atoms with van der Waals surface area (Å²) < 4.78 is 1.19. The molecule has 1 aromatic rings. The highest BCUT2D eigenvalue weighted by Crippen LogP contribution is 2.32. The molecule has 1 aromatic carbocycles. The maximum atomic E-state index is 3.67. The summed E-state index contributed by atoms with van der Waals surface area (Å²) in [7, 11) is 0. The molecule has 0 saturated carbocycles. The summed E-state index contributed by atoms with van der Waals surface area (Å²) in [4.78, 5) is 0. The Morgan fingerprint density at radius 1 is 1.33 bits per heavy atom. The molecule has 0 aliphatic carbocycles. The first kappa shape index (κ1) is 9.67. The Hall–Kier alpha value is -0.540. The zero-order valence-electron chi connectivity index (χ0n) is 8.59. The van der Waals surface area contributed by atoms with Gasteiger partial charge in [0.15, 0.2) is 0 Å². The van der Waals surface area contributed by atoms with Crippen molar-refractivity contribution in [2.75, 3.05) is 18.4 Å². The number of halogens is 1. The van der Waals surface area contributed by atoms with Crippen molar-refractivity contribution in [3.63, 3.8) is 0 Å². The molecule has 3 rings (SSSR count). The van der Waals surface area contributed by atoms with Gasteiger partial charge in [-0.1, -0.05) is 15.9 Å². The van der Waals surface area contributed by atoms with Crippen LogP contribution in [0, 0.1) is 5.92 Å². The van der Waals surface area contributed by atoms with Crippen LogP contribution in [-0.4, -0.2) is 19.1 Å². The van der Waals surface area contributed by atoms with Crippen molar-refractivity contribution < 1.29 is 0 Å². The van der Waals surface area contributed by atoms with Crippen LogP contribution in [0.5, 0.6) is 0 Å². The van der Waals surface area contributed by atoms with Crippen molar-refractivity contribution in [3.05, 3.63) is 28.2 Å². The molecule has 0 aromatic heterocycles. The zero-order valence-corrected chi connectivity index (χ0v) is 10.2. The number of fused-ring (bicyclic) bond motifs is 2. The molecular formula is C12H15BrN2. The summed E-state index contributed by atoms with van der Waals surface area (Å²) in [6.45, 7) is 2.31. The van der Waals surface area contributed by atoms with E-state index in [9.17, 15) is 0 Å². The quantitative estimate of drug-likeness (QED) is 0.754. The predicted octanol–water partition coefficient (Wildman–Crippen LogP) is 2.40. The third kappa shape index (κ3) is 1.79. The van der Waals surface area contributed by atoms with Crippen LogP contribution in [0.2, 0.25) is 0 Å². The summed E-state index contributed by atoms with van der Waals surface area (Å²) in [6, 6.07) is 7.23. The van der Waals surface area contributed by atoms with E-state index in [-0.39, 0.29) is 0 Å². The van der Waals surface area contributed by atoms with E-state index in [4.69, 9.17) is 0 Å². The van der Waals surface area contributed by atoms with E-state index >= 15 is 0 Å². The van der Waals surface area contributed by atoms with Crippen LogP contribution in [0.25, 0.3) is 0 Å². The first-order valence-corrected chi connectivity index (χ1v) is 6.38. The maximum absolute atomic E-state index is 3.67. The minimum absolute atomic E-state index is 0.680. The molecule has 80 valence electrons. The summed E-state index contributed by atoms with van der Waals surface area (Å²) in [5, 5.41) is 7.14. The van der Waals surface area contributed by atoms with Crippen LogP contribution in [0.3, 0.4) is 0 Å². The predicted molar refractivity (Wildman–Crippen MR) is 66.2 cm³/mol. The molecule has 2 aliphatic heterocycles. The largest absolute Gasteiger partial charge is 0.382 e. The van der Waals surface area contributed by atoms with Crippen LogP contribution < -0.4 is 10.6 Å². The van der Waals surface area contributed by atoms with E-state index in [1.807, 2.05) is 0 Å². The molecule has 1 fully saturated rings. The molecule has 0 radical (unpaired) electrons. The molecule has 0 spiro atoms. The molecule has 15 heavy (non-hydrogen) atoms. The Labute approximate surface area is 98.6 Å². The van der Waals surface area contributed by atoms with Crippen molar-refractivity contribution in [2.45, 2.75) is 18.9 Å². The maximum Gasteiger partial charge on any atom is 0.0375 e. The van der Waals surface area contributed by atoms with Crippen LogP contribution >= 0.6 is 15.9 Å². The molecule has 2 N–H and O–H groups in total. The lowest BCUT2D eigenvalue weighted by Crippen LogP contribution is -2.47. The zero-order chi connectivity index (χ0) is 10.3. The summed E-state index contributed by atoms with van der Waals surface area (Å²) in [6.07, 6.45) is 2.46. The summed E-state index contributed by atoms with van der Waals surface area (Å²) in [5.41, 5.74) is 2.79.